The predicted octanol–water partition coefficient (Wildman–Crippen LogP) is 1.62. The highest BCUT2D eigenvalue weighted by molar-refractivity contribution is 9.10. The molecule has 0 aromatic heterocycles. The van der Waals surface area contributed by atoms with Crippen LogP contribution in [0.3, 0.4) is 0 Å². The van der Waals surface area contributed by atoms with Crippen molar-refractivity contribution in [2.45, 2.75) is 36.2 Å². The van der Waals surface area contributed by atoms with Crippen LogP contribution in [0, 0.1) is 0 Å². The minimum atomic E-state index is -3.80. The summed E-state index contributed by atoms with van der Waals surface area (Å²) in [5.41, 5.74) is 5.09. The Morgan fingerprint density at radius 2 is 2.05 bits per heavy atom. The van der Waals surface area contributed by atoms with Crippen molar-refractivity contribution in [3.05, 3.63) is 16.6 Å². The molecule has 1 aromatic carbocycles. The average Bonchev–Trinajstić information content (AvgIpc) is 2.87. The van der Waals surface area contributed by atoms with Crippen molar-refractivity contribution in [3.8, 4) is 5.75 Å². The number of sulfonamides is 1. The van der Waals surface area contributed by atoms with Gasteiger partial charge in [-0.05, 0) is 40.9 Å². The minimum absolute atomic E-state index is 0.00550. The number of methoxy groups -OCH3 is 1. The molecule has 6 nitrogen and oxygen atoms in total. The van der Waals surface area contributed by atoms with E-state index in [4.69, 9.17) is 10.5 Å². The maximum absolute atomic E-state index is 12.4. The van der Waals surface area contributed by atoms with Gasteiger partial charge in [0, 0.05) is 16.7 Å². The van der Waals surface area contributed by atoms with E-state index in [-0.39, 0.29) is 17.2 Å². The molecule has 0 aliphatic heterocycles. The molecule has 0 saturated heterocycles. The summed E-state index contributed by atoms with van der Waals surface area (Å²) in [7, 11) is -2.41. The Hall–Kier alpha value is -0.830. The highest BCUT2D eigenvalue weighted by atomic mass is 79.9. The molecule has 1 fully saturated rings. The summed E-state index contributed by atoms with van der Waals surface area (Å²) in [4.78, 5) is -0.0349. The van der Waals surface area contributed by atoms with E-state index >= 15 is 0 Å². The van der Waals surface area contributed by atoms with Gasteiger partial charge in [0.25, 0.3) is 0 Å². The maximum Gasteiger partial charge on any atom is 0.244 e. The Balaban J connectivity index is 2.25. The van der Waals surface area contributed by atoms with Crippen LogP contribution in [0.15, 0.2) is 21.5 Å². The molecule has 8 heteroatoms. The monoisotopic (exact) mass is 378 g/mol. The zero-order valence-corrected chi connectivity index (χ0v) is 14.1. The Kier molecular flexibility index (Phi) is 4.82. The quantitative estimate of drug-likeness (QED) is 0.675. The molecule has 21 heavy (non-hydrogen) atoms. The van der Waals surface area contributed by atoms with E-state index < -0.39 is 15.6 Å². The molecular formula is C13H19BrN2O4S. The SMILES string of the molecule is COc1cc(Br)c(N)cc1S(=O)(=O)NCC1(O)CCCC1. The van der Waals surface area contributed by atoms with Crippen LogP contribution in [0.5, 0.6) is 5.75 Å². The molecule has 0 spiro atoms. The largest absolute Gasteiger partial charge is 0.495 e. The van der Waals surface area contributed by atoms with Crippen molar-refractivity contribution in [2.24, 2.45) is 0 Å². The van der Waals surface area contributed by atoms with Gasteiger partial charge >= 0.3 is 0 Å². The van der Waals surface area contributed by atoms with Gasteiger partial charge in [-0.15, -0.1) is 0 Å². The standard InChI is InChI=1S/C13H19BrN2O4S/c1-20-11-6-9(14)10(15)7-12(11)21(18,19)16-8-13(17)4-2-3-5-13/h6-7,16-17H,2-5,8,15H2,1H3. The van der Waals surface area contributed by atoms with Gasteiger partial charge in [-0.25, -0.2) is 13.1 Å². The number of nitrogens with one attached hydrogen (secondary N) is 1. The van der Waals surface area contributed by atoms with Gasteiger partial charge in [-0.1, -0.05) is 12.8 Å². The van der Waals surface area contributed by atoms with E-state index in [2.05, 4.69) is 20.7 Å². The summed E-state index contributed by atoms with van der Waals surface area (Å²) in [5, 5.41) is 10.2. The van der Waals surface area contributed by atoms with Crippen LogP contribution in [0.1, 0.15) is 25.7 Å². The van der Waals surface area contributed by atoms with Gasteiger partial charge in [0.05, 0.1) is 12.7 Å². The van der Waals surface area contributed by atoms with Crippen LogP contribution in [-0.4, -0.2) is 32.8 Å². The summed E-state index contributed by atoms with van der Waals surface area (Å²) in [6, 6.07) is 2.85. The summed E-state index contributed by atoms with van der Waals surface area (Å²) >= 11 is 3.23. The zero-order chi connectivity index (χ0) is 15.7. The number of aliphatic hydroxyl groups is 1. The fraction of sp³-hybridized carbons (Fsp3) is 0.538. The molecule has 118 valence electrons. The molecule has 4 N–H and O–H groups in total. The van der Waals surface area contributed by atoms with Gasteiger partial charge in [0.15, 0.2) is 0 Å². The second kappa shape index (κ2) is 6.12. The Morgan fingerprint density at radius 3 is 2.62 bits per heavy atom. The van der Waals surface area contributed by atoms with Crippen LogP contribution in [0.4, 0.5) is 5.69 Å². The van der Waals surface area contributed by atoms with Crippen LogP contribution >= 0.6 is 15.9 Å². The third-order valence-corrected chi connectivity index (χ3v) is 5.81. The lowest BCUT2D eigenvalue weighted by atomic mass is 10.0. The van der Waals surface area contributed by atoms with Gasteiger partial charge < -0.3 is 15.6 Å². The lowest BCUT2D eigenvalue weighted by molar-refractivity contribution is 0.0531. The van der Waals surface area contributed by atoms with Crippen molar-refractivity contribution in [1.82, 2.24) is 4.72 Å². The molecule has 0 atom stereocenters. The Bertz CT molecular complexity index is 627. The second-order valence-corrected chi connectivity index (χ2v) is 7.87. The number of anilines is 1. The van der Waals surface area contributed by atoms with Gasteiger partial charge in [-0.3, -0.25) is 0 Å². The first kappa shape index (κ1) is 16.5. The molecule has 0 heterocycles. The van der Waals surface area contributed by atoms with Gasteiger partial charge in [0.1, 0.15) is 10.6 Å². The third-order valence-electron chi connectivity index (χ3n) is 3.70. The van der Waals surface area contributed by atoms with E-state index in [1.165, 1.54) is 19.2 Å². The fourth-order valence-electron chi connectivity index (χ4n) is 2.44. The molecule has 1 aliphatic rings. The minimum Gasteiger partial charge on any atom is -0.495 e. The van der Waals surface area contributed by atoms with E-state index in [9.17, 15) is 13.5 Å². The van der Waals surface area contributed by atoms with Gasteiger partial charge in [-0.2, -0.15) is 0 Å². The summed E-state index contributed by atoms with van der Waals surface area (Å²) in [5.74, 6) is 0.196. The molecule has 1 aromatic rings. The van der Waals surface area contributed by atoms with Crippen LogP contribution in [-0.2, 0) is 10.0 Å². The number of benzene rings is 1. The van der Waals surface area contributed by atoms with Crippen LogP contribution in [0.2, 0.25) is 0 Å². The number of hydrogen-bond acceptors (Lipinski definition) is 5. The molecule has 0 bridgehead atoms. The summed E-state index contributed by atoms with van der Waals surface area (Å²) in [6.45, 7) is -0.00550. The number of halogens is 1. The normalized spacial score (nSPS) is 17.9. The Morgan fingerprint density at radius 1 is 1.43 bits per heavy atom. The number of ether oxygens (including phenoxy) is 1. The molecule has 1 saturated carbocycles. The van der Waals surface area contributed by atoms with Crippen LogP contribution in [0.25, 0.3) is 0 Å². The summed E-state index contributed by atoms with van der Waals surface area (Å²) in [6.07, 6.45) is 3.03. The highest BCUT2D eigenvalue weighted by Crippen LogP contribution is 2.33. The van der Waals surface area contributed by atoms with Crippen molar-refractivity contribution in [2.75, 3.05) is 19.4 Å². The second-order valence-electron chi connectivity index (χ2n) is 5.28. The summed E-state index contributed by atoms with van der Waals surface area (Å²) < 4.78 is 32.9. The first-order valence-corrected chi connectivity index (χ1v) is 8.90. The first-order valence-electron chi connectivity index (χ1n) is 6.62. The third kappa shape index (κ3) is 3.68. The van der Waals surface area contributed by atoms with Crippen LogP contribution < -0.4 is 15.2 Å². The Labute approximate surface area is 132 Å². The zero-order valence-electron chi connectivity index (χ0n) is 11.7. The number of nitrogens with two attached hydrogens (primary N) is 1. The maximum atomic E-state index is 12.4. The molecule has 1 aliphatic carbocycles. The molecule has 2 rings (SSSR count). The lowest BCUT2D eigenvalue weighted by Crippen LogP contribution is -2.40. The first-order chi connectivity index (χ1) is 9.77. The van der Waals surface area contributed by atoms with Gasteiger partial charge in [0.2, 0.25) is 10.0 Å². The molecule has 0 amide bonds. The van der Waals surface area contributed by atoms with E-state index in [1.807, 2.05) is 0 Å². The average molecular weight is 379 g/mol. The smallest absolute Gasteiger partial charge is 0.244 e. The van der Waals surface area contributed by atoms with E-state index in [0.717, 1.165) is 12.8 Å². The van der Waals surface area contributed by atoms with Crippen molar-refractivity contribution >= 4 is 31.6 Å². The number of nitrogen functional groups attached to an aromatic ring is 1. The van der Waals surface area contributed by atoms with Crippen molar-refractivity contribution in [3.63, 3.8) is 0 Å². The molecule has 0 unspecified atom stereocenters. The molecule has 0 radical (unpaired) electrons. The van der Waals surface area contributed by atoms with E-state index in [1.54, 1.807) is 0 Å². The predicted molar refractivity (Wildman–Crippen MR) is 83.7 cm³/mol. The topological polar surface area (TPSA) is 102 Å². The molecular weight excluding hydrogens is 360 g/mol. The van der Waals surface area contributed by atoms with Crippen molar-refractivity contribution in [1.29, 1.82) is 0 Å². The number of hydrogen-bond donors (Lipinski definition) is 3. The number of rotatable bonds is 5. The lowest BCUT2D eigenvalue weighted by Gasteiger charge is -2.22. The van der Waals surface area contributed by atoms with Crippen molar-refractivity contribution < 1.29 is 18.3 Å². The highest BCUT2D eigenvalue weighted by Gasteiger charge is 2.33. The van der Waals surface area contributed by atoms with E-state index in [0.29, 0.717) is 23.0 Å². The fourth-order valence-corrected chi connectivity index (χ4v) is 4.06.